The second kappa shape index (κ2) is 8.75. The summed E-state index contributed by atoms with van der Waals surface area (Å²) >= 11 is 3.37. The number of hydrogen-bond acceptors (Lipinski definition) is 5. The molecule has 0 saturated heterocycles. The highest BCUT2D eigenvalue weighted by atomic mass is 79.9. The molecule has 0 fully saturated rings. The maximum atomic E-state index is 12.0. The molecule has 8 nitrogen and oxygen atoms in total. The number of nitrogens with one attached hydrogen (secondary N) is 2. The van der Waals surface area contributed by atoms with Crippen LogP contribution >= 0.6 is 15.9 Å². The highest BCUT2D eigenvalue weighted by Gasteiger charge is 2.11. The van der Waals surface area contributed by atoms with Gasteiger partial charge < -0.3 is 10.6 Å². The number of tetrazole rings is 1. The van der Waals surface area contributed by atoms with Gasteiger partial charge in [0.15, 0.2) is 0 Å². The predicted molar refractivity (Wildman–Crippen MR) is 109 cm³/mol. The molecule has 0 bridgehead atoms. The summed E-state index contributed by atoms with van der Waals surface area (Å²) in [5.41, 5.74) is 3.57. The molecular formula is C19H19BrN6O2. The summed E-state index contributed by atoms with van der Waals surface area (Å²) in [7, 11) is 0. The van der Waals surface area contributed by atoms with Crippen LogP contribution < -0.4 is 10.6 Å². The number of nitrogens with zero attached hydrogens (tertiary/aromatic N) is 4. The number of aryl methyl sites for hydroxylation is 2. The van der Waals surface area contributed by atoms with Crippen LogP contribution in [0.1, 0.15) is 11.1 Å². The largest absolute Gasteiger partial charge is 0.345 e. The molecule has 28 heavy (non-hydrogen) atoms. The van der Waals surface area contributed by atoms with Crippen molar-refractivity contribution < 1.29 is 9.59 Å². The fourth-order valence-corrected chi connectivity index (χ4v) is 2.93. The summed E-state index contributed by atoms with van der Waals surface area (Å²) in [6.45, 7) is 3.62. The van der Waals surface area contributed by atoms with Crippen molar-refractivity contribution >= 4 is 33.4 Å². The minimum Gasteiger partial charge on any atom is -0.345 e. The lowest BCUT2D eigenvalue weighted by Gasteiger charge is -2.09. The molecule has 9 heteroatoms. The van der Waals surface area contributed by atoms with Gasteiger partial charge >= 0.3 is 0 Å². The Morgan fingerprint density at radius 2 is 1.82 bits per heavy atom. The summed E-state index contributed by atoms with van der Waals surface area (Å²) in [6.07, 6.45) is 0. The molecule has 3 aromatic rings. The van der Waals surface area contributed by atoms with E-state index in [0.717, 1.165) is 21.2 Å². The van der Waals surface area contributed by atoms with Gasteiger partial charge in [0.2, 0.25) is 17.6 Å². The minimum atomic E-state index is -0.379. The SMILES string of the molecule is Cc1ccc(-c2nnn(CC(=O)NCC(=O)Nc3ccc(Br)cc3C)n2)cc1. The molecule has 2 N–H and O–H groups in total. The van der Waals surface area contributed by atoms with Gasteiger partial charge in [-0.15, -0.1) is 10.2 Å². The number of amides is 2. The van der Waals surface area contributed by atoms with Crippen LogP contribution in [0.4, 0.5) is 5.69 Å². The number of carbonyl (C=O) groups excluding carboxylic acids is 2. The minimum absolute atomic E-state index is 0.122. The maximum Gasteiger partial charge on any atom is 0.244 e. The van der Waals surface area contributed by atoms with E-state index in [4.69, 9.17) is 0 Å². The smallest absolute Gasteiger partial charge is 0.244 e. The molecule has 2 aromatic carbocycles. The second-order valence-corrected chi connectivity index (χ2v) is 7.21. The summed E-state index contributed by atoms with van der Waals surface area (Å²) in [5, 5.41) is 17.3. The van der Waals surface area contributed by atoms with Gasteiger partial charge in [-0.1, -0.05) is 45.8 Å². The van der Waals surface area contributed by atoms with E-state index < -0.39 is 0 Å². The third kappa shape index (κ3) is 5.23. The molecule has 144 valence electrons. The topological polar surface area (TPSA) is 102 Å². The Labute approximate surface area is 170 Å². The molecule has 0 spiro atoms. The Kier molecular flexibility index (Phi) is 6.15. The van der Waals surface area contributed by atoms with Crippen LogP contribution in [0.2, 0.25) is 0 Å². The fourth-order valence-electron chi connectivity index (χ4n) is 2.45. The maximum absolute atomic E-state index is 12.0. The first-order chi connectivity index (χ1) is 13.4. The molecular weight excluding hydrogens is 424 g/mol. The van der Waals surface area contributed by atoms with Crippen molar-refractivity contribution in [1.29, 1.82) is 0 Å². The van der Waals surface area contributed by atoms with Crippen LogP contribution in [0.5, 0.6) is 0 Å². The van der Waals surface area contributed by atoms with Crippen molar-refractivity contribution in [3.8, 4) is 11.4 Å². The first-order valence-electron chi connectivity index (χ1n) is 8.58. The van der Waals surface area contributed by atoms with Gasteiger partial charge in [-0.05, 0) is 42.8 Å². The predicted octanol–water partition coefficient (Wildman–Crippen LogP) is 2.47. The Morgan fingerprint density at radius 3 is 2.54 bits per heavy atom. The van der Waals surface area contributed by atoms with Crippen molar-refractivity contribution in [2.45, 2.75) is 20.4 Å². The third-order valence-corrected chi connectivity index (χ3v) is 4.45. The number of hydrogen-bond donors (Lipinski definition) is 2. The van der Waals surface area contributed by atoms with Crippen LogP contribution in [-0.2, 0) is 16.1 Å². The Hall–Kier alpha value is -3.07. The van der Waals surface area contributed by atoms with Crippen LogP contribution in [0.25, 0.3) is 11.4 Å². The van der Waals surface area contributed by atoms with Crippen molar-refractivity contribution in [3.63, 3.8) is 0 Å². The zero-order valence-electron chi connectivity index (χ0n) is 15.4. The quantitative estimate of drug-likeness (QED) is 0.610. The van der Waals surface area contributed by atoms with Gasteiger partial charge in [-0.25, -0.2) is 0 Å². The van der Waals surface area contributed by atoms with E-state index in [1.807, 2.05) is 50.2 Å². The highest BCUT2D eigenvalue weighted by Crippen LogP contribution is 2.19. The molecule has 0 aliphatic rings. The standard InChI is InChI=1S/C19H19BrN6O2/c1-12-3-5-14(6-4-12)19-23-25-26(24-19)11-18(28)21-10-17(27)22-16-8-7-15(20)9-13(16)2/h3-9H,10-11H2,1-2H3,(H,21,28)(H,22,27). The van der Waals surface area contributed by atoms with E-state index in [2.05, 4.69) is 42.0 Å². The molecule has 2 amide bonds. The van der Waals surface area contributed by atoms with Crippen molar-refractivity contribution in [2.75, 3.05) is 11.9 Å². The van der Waals surface area contributed by atoms with Gasteiger partial charge in [0, 0.05) is 15.7 Å². The van der Waals surface area contributed by atoms with Crippen LogP contribution in [-0.4, -0.2) is 38.6 Å². The van der Waals surface area contributed by atoms with Gasteiger partial charge in [0.05, 0.1) is 6.54 Å². The molecule has 0 aliphatic heterocycles. The zero-order chi connectivity index (χ0) is 20.1. The van der Waals surface area contributed by atoms with Crippen LogP contribution in [0.15, 0.2) is 46.9 Å². The van der Waals surface area contributed by atoms with E-state index in [1.54, 1.807) is 6.07 Å². The number of benzene rings is 2. The summed E-state index contributed by atoms with van der Waals surface area (Å²) in [5.74, 6) is -0.252. The Morgan fingerprint density at radius 1 is 1.07 bits per heavy atom. The van der Waals surface area contributed by atoms with E-state index in [0.29, 0.717) is 11.5 Å². The summed E-state index contributed by atoms with van der Waals surface area (Å²) < 4.78 is 0.932. The van der Waals surface area contributed by atoms with Gasteiger partial charge in [0.25, 0.3) is 0 Å². The monoisotopic (exact) mass is 442 g/mol. The molecule has 1 heterocycles. The van der Waals surface area contributed by atoms with E-state index >= 15 is 0 Å². The van der Waals surface area contributed by atoms with Crippen molar-refractivity contribution in [3.05, 3.63) is 58.1 Å². The van der Waals surface area contributed by atoms with Gasteiger partial charge in [-0.3, -0.25) is 9.59 Å². The average Bonchev–Trinajstić information content (AvgIpc) is 3.11. The van der Waals surface area contributed by atoms with Crippen molar-refractivity contribution in [2.24, 2.45) is 0 Å². The van der Waals surface area contributed by atoms with E-state index in [1.165, 1.54) is 4.80 Å². The first kappa shape index (κ1) is 19.7. The number of carbonyl (C=O) groups is 2. The zero-order valence-corrected chi connectivity index (χ0v) is 17.0. The summed E-state index contributed by atoms with van der Waals surface area (Å²) in [6, 6.07) is 13.2. The summed E-state index contributed by atoms with van der Waals surface area (Å²) in [4.78, 5) is 25.3. The average molecular weight is 443 g/mol. The fraction of sp³-hybridized carbons (Fsp3) is 0.211. The number of aromatic nitrogens is 4. The molecule has 3 rings (SSSR count). The van der Waals surface area contributed by atoms with Gasteiger partial charge in [0.1, 0.15) is 6.54 Å². The molecule has 1 aromatic heterocycles. The Balaban J connectivity index is 1.50. The van der Waals surface area contributed by atoms with Gasteiger partial charge in [-0.2, -0.15) is 4.80 Å². The number of halogens is 1. The molecule has 0 aliphatic carbocycles. The number of rotatable bonds is 6. The Bertz CT molecular complexity index is 1000. The molecule has 0 atom stereocenters. The van der Waals surface area contributed by atoms with E-state index in [-0.39, 0.29) is 24.9 Å². The third-order valence-electron chi connectivity index (χ3n) is 3.96. The lowest BCUT2D eigenvalue weighted by Crippen LogP contribution is -2.35. The first-order valence-corrected chi connectivity index (χ1v) is 9.37. The normalized spacial score (nSPS) is 10.5. The highest BCUT2D eigenvalue weighted by molar-refractivity contribution is 9.10. The van der Waals surface area contributed by atoms with Crippen LogP contribution in [0, 0.1) is 13.8 Å². The van der Waals surface area contributed by atoms with Crippen molar-refractivity contribution in [1.82, 2.24) is 25.5 Å². The lowest BCUT2D eigenvalue weighted by atomic mass is 10.1. The second-order valence-electron chi connectivity index (χ2n) is 6.29. The van der Waals surface area contributed by atoms with E-state index in [9.17, 15) is 9.59 Å². The lowest BCUT2D eigenvalue weighted by molar-refractivity contribution is -0.124. The van der Waals surface area contributed by atoms with Crippen LogP contribution in [0.3, 0.4) is 0 Å². The number of anilines is 1. The molecule has 0 unspecified atom stereocenters. The molecule has 0 saturated carbocycles. The molecule has 0 radical (unpaired) electrons.